The Morgan fingerprint density at radius 1 is 1.04 bits per heavy atom. The van der Waals surface area contributed by atoms with Crippen LogP contribution in [-0.2, 0) is 9.59 Å². The summed E-state index contributed by atoms with van der Waals surface area (Å²) in [7, 11) is 0. The molecule has 2 aliphatic rings. The van der Waals surface area contributed by atoms with Crippen molar-refractivity contribution in [2.45, 2.75) is 65.3 Å². The van der Waals surface area contributed by atoms with Crippen LogP contribution in [0.15, 0.2) is 41.2 Å². The lowest BCUT2D eigenvalue weighted by atomic mass is 9.85. The number of β-amino-alcohol motifs (C(OH)–C–C–N with tert-alkyl or cyclic N) is 1. The van der Waals surface area contributed by atoms with E-state index < -0.39 is 35.4 Å². The molecule has 0 bridgehead atoms. The molecule has 5 heterocycles. The number of thiazole rings is 2. The first-order valence-corrected chi connectivity index (χ1v) is 19.2. The number of rotatable bonds is 9. The number of amides is 3. The van der Waals surface area contributed by atoms with Crippen molar-refractivity contribution in [3.63, 3.8) is 0 Å². The third-order valence-corrected chi connectivity index (χ3v) is 11.5. The Labute approximate surface area is 315 Å². The molecule has 0 saturated carbocycles. The first-order chi connectivity index (χ1) is 24.7. The van der Waals surface area contributed by atoms with Gasteiger partial charge in [-0.25, -0.2) is 9.97 Å². The second kappa shape index (κ2) is 15.3. The van der Waals surface area contributed by atoms with Crippen LogP contribution in [0.4, 0.5) is 16.6 Å². The summed E-state index contributed by atoms with van der Waals surface area (Å²) in [5.74, 6) is -0.992. The molecule has 0 radical (unpaired) electrons. The van der Waals surface area contributed by atoms with Crippen LogP contribution >= 0.6 is 34.3 Å². The van der Waals surface area contributed by atoms with Crippen LogP contribution in [0.5, 0.6) is 0 Å². The number of anilines is 3. The number of benzene rings is 1. The van der Waals surface area contributed by atoms with Gasteiger partial charge in [0.1, 0.15) is 17.8 Å². The number of aliphatic hydroxyl groups excluding tert-OH is 1. The van der Waals surface area contributed by atoms with Crippen molar-refractivity contribution in [3.05, 3.63) is 63.3 Å². The lowest BCUT2D eigenvalue weighted by Crippen LogP contribution is -2.57. The highest BCUT2D eigenvalue weighted by Crippen LogP contribution is 2.31. The topological polar surface area (TPSA) is 183 Å². The van der Waals surface area contributed by atoms with Crippen LogP contribution in [0.1, 0.15) is 61.9 Å². The summed E-state index contributed by atoms with van der Waals surface area (Å²) >= 11 is 8.96. The fourth-order valence-electron chi connectivity index (χ4n) is 6.49. The largest absolute Gasteiger partial charge is 0.391 e. The van der Waals surface area contributed by atoms with Gasteiger partial charge in [-0.05, 0) is 30.4 Å². The molecular weight excluding hydrogens is 724 g/mol. The lowest BCUT2D eigenvalue weighted by Gasteiger charge is -2.36. The van der Waals surface area contributed by atoms with E-state index in [4.69, 9.17) is 17.3 Å². The van der Waals surface area contributed by atoms with Crippen molar-refractivity contribution in [2.24, 2.45) is 5.41 Å². The summed E-state index contributed by atoms with van der Waals surface area (Å²) < 4.78 is 0. The number of nitrogens with two attached hydrogens (primary N) is 1. The molecule has 52 heavy (non-hydrogen) atoms. The van der Waals surface area contributed by atoms with Gasteiger partial charge >= 0.3 is 0 Å². The van der Waals surface area contributed by atoms with E-state index in [0.717, 1.165) is 27.4 Å². The summed E-state index contributed by atoms with van der Waals surface area (Å²) in [6, 6.07) is 7.41. The minimum absolute atomic E-state index is 0.0170. The second-order valence-electron chi connectivity index (χ2n) is 14.2. The number of aryl methyl sites for hydroxylation is 1. The Hall–Kier alpha value is -4.38. The van der Waals surface area contributed by atoms with Crippen LogP contribution in [0.25, 0.3) is 10.4 Å². The molecule has 14 nitrogen and oxygen atoms in total. The molecule has 0 spiro atoms. The molecular formula is C35H43ClN10O4S2. The van der Waals surface area contributed by atoms with Crippen molar-refractivity contribution < 1.29 is 19.5 Å². The highest BCUT2D eigenvalue weighted by Gasteiger charge is 2.45. The third-order valence-electron chi connectivity index (χ3n) is 9.42. The lowest BCUT2D eigenvalue weighted by molar-refractivity contribution is -0.142. The zero-order valence-corrected chi connectivity index (χ0v) is 32.1. The average Bonchev–Trinajstić information content (AvgIpc) is 3.88. The molecule has 2 aliphatic heterocycles. The fraction of sp³-hybridized carbons (Fsp3) is 0.457. The molecule has 5 N–H and O–H groups in total. The minimum Gasteiger partial charge on any atom is -0.391 e. The van der Waals surface area contributed by atoms with Crippen molar-refractivity contribution in [1.82, 2.24) is 35.7 Å². The average molecular weight is 767 g/mol. The number of aromatic nitrogens is 4. The number of carbonyl (C=O) groups is 3. The van der Waals surface area contributed by atoms with Crippen LogP contribution < -0.4 is 26.2 Å². The summed E-state index contributed by atoms with van der Waals surface area (Å²) in [5.41, 5.74) is 11.0. The van der Waals surface area contributed by atoms with E-state index in [2.05, 4.69) is 40.6 Å². The summed E-state index contributed by atoms with van der Waals surface area (Å²) in [5, 5.41) is 26.9. The second-order valence-corrected chi connectivity index (χ2v) is 16.3. The van der Waals surface area contributed by atoms with E-state index in [1.54, 1.807) is 22.8 Å². The number of halogens is 1. The molecule has 0 aliphatic carbocycles. The fourth-order valence-corrected chi connectivity index (χ4v) is 8.31. The predicted octanol–water partition coefficient (Wildman–Crippen LogP) is 3.91. The van der Waals surface area contributed by atoms with Gasteiger partial charge in [0.2, 0.25) is 11.8 Å². The first kappa shape index (κ1) is 37.4. The number of nitrogen functional groups attached to an aromatic ring is 1. The van der Waals surface area contributed by atoms with Gasteiger partial charge in [-0.2, -0.15) is 0 Å². The van der Waals surface area contributed by atoms with E-state index in [1.165, 1.54) is 16.2 Å². The van der Waals surface area contributed by atoms with E-state index >= 15 is 0 Å². The van der Waals surface area contributed by atoms with Crippen molar-refractivity contribution in [3.8, 4) is 10.4 Å². The van der Waals surface area contributed by atoms with Gasteiger partial charge in [0, 0.05) is 50.6 Å². The highest BCUT2D eigenvalue weighted by molar-refractivity contribution is 7.14. The van der Waals surface area contributed by atoms with Crippen LogP contribution in [0.2, 0.25) is 5.15 Å². The number of hydrogen-bond acceptors (Lipinski definition) is 13. The molecule has 2 saturated heterocycles. The monoisotopic (exact) mass is 766 g/mol. The van der Waals surface area contributed by atoms with Gasteiger partial charge in [0.05, 0.1) is 33.9 Å². The van der Waals surface area contributed by atoms with Gasteiger partial charge in [-0.1, -0.05) is 56.6 Å². The molecule has 276 valence electrons. The smallest absolute Gasteiger partial charge is 0.271 e. The van der Waals surface area contributed by atoms with Crippen molar-refractivity contribution in [2.75, 3.05) is 48.3 Å². The Bertz CT molecular complexity index is 1920. The highest BCUT2D eigenvalue weighted by atomic mass is 35.5. The maximum Gasteiger partial charge on any atom is 0.271 e. The van der Waals surface area contributed by atoms with E-state index in [9.17, 15) is 19.5 Å². The summed E-state index contributed by atoms with van der Waals surface area (Å²) in [6.45, 7) is 11.9. The molecule has 2 fully saturated rings. The Kier molecular flexibility index (Phi) is 11.0. The van der Waals surface area contributed by atoms with Gasteiger partial charge in [0.25, 0.3) is 5.91 Å². The summed E-state index contributed by atoms with van der Waals surface area (Å²) in [4.78, 5) is 57.0. The van der Waals surface area contributed by atoms with Crippen LogP contribution in [-0.4, -0.2) is 98.8 Å². The number of nitrogens with one attached hydrogen (secondary N) is 2. The minimum atomic E-state index is -0.985. The SMILES string of the molecule is Cc1ncsc1-c1ccc([C@H](C)NC(=O)[C@@H]2C[C@@H](O)CN2C(=O)C(NC(=O)c2csc(N3CCN(c4cc(Cl)nnc4N)CC3)n2)C(C)(C)C)cc1. The maximum absolute atomic E-state index is 14.2. The van der Waals surface area contributed by atoms with Gasteiger partial charge in [0.15, 0.2) is 16.1 Å². The Morgan fingerprint density at radius 3 is 2.38 bits per heavy atom. The third kappa shape index (κ3) is 8.14. The van der Waals surface area contributed by atoms with Gasteiger partial charge in [-0.3, -0.25) is 14.4 Å². The molecule has 3 amide bonds. The first-order valence-electron chi connectivity index (χ1n) is 17.0. The summed E-state index contributed by atoms with van der Waals surface area (Å²) in [6.07, 6.45) is -0.781. The molecule has 3 aromatic heterocycles. The predicted molar refractivity (Wildman–Crippen MR) is 204 cm³/mol. The normalized spacial score (nSPS) is 19.0. The number of hydrogen-bond donors (Lipinski definition) is 4. The number of aliphatic hydroxyl groups is 1. The zero-order valence-electron chi connectivity index (χ0n) is 29.7. The Balaban J connectivity index is 1.09. The van der Waals surface area contributed by atoms with Gasteiger partial charge < -0.3 is 36.2 Å². The van der Waals surface area contributed by atoms with E-state index in [0.29, 0.717) is 37.1 Å². The number of piperazine rings is 1. The zero-order chi connectivity index (χ0) is 37.3. The van der Waals surface area contributed by atoms with Crippen LogP contribution in [0.3, 0.4) is 0 Å². The maximum atomic E-state index is 14.2. The molecule has 1 unspecified atom stereocenters. The van der Waals surface area contributed by atoms with Crippen LogP contribution in [0, 0.1) is 12.3 Å². The molecule has 6 rings (SSSR count). The molecule has 4 aromatic rings. The van der Waals surface area contributed by atoms with E-state index in [1.807, 2.05) is 64.4 Å². The molecule has 17 heteroatoms. The van der Waals surface area contributed by atoms with Gasteiger partial charge in [-0.15, -0.1) is 32.9 Å². The quantitative estimate of drug-likeness (QED) is 0.194. The molecule has 4 atom stereocenters. The number of nitrogens with zero attached hydrogens (tertiary/aromatic N) is 7. The number of carbonyl (C=O) groups excluding carboxylic acids is 3. The molecule has 1 aromatic carbocycles. The standard InChI is InChI=1S/C35H43ClN10O4S2/c1-19(21-6-8-22(9-7-21)28-20(2)38-18-52-28)39-32(49)26-14-23(47)16-46(26)33(50)29(35(3,4)5)41-31(48)24-17-51-34(40-24)45-12-10-44(11-13-45)25-15-27(36)42-43-30(25)37/h6-9,15,17-19,23,26,29,47H,10-14,16H2,1-5H3,(H2,37,43)(H,39,49)(H,41,48)/t19-,23+,26-,29?/m0/s1. The van der Waals surface area contributed by atoms with Crippen molar-refractivity contribution in [1.29, 1.82) is 0 Å². The Morgan fingerprint density at radius 2 is 1.73 bits per heavy atom. The van der Waals surface area contributed by atoms with Crippen molar-refractivity contribution >= 4 is 68.6 Å². The van der Waals surface area contributed by atoms with E-state index in [-0.39, 0.29) is 35.8 Å². The number of likely N-dealkylation sites (tertiary alicyclic amines) is 1.